The van der Waals surface area contributed by atoms with Gasteiger partial charge in [-0.25, -0.2) is 28.8 Å². The molecule has 0 aliphatic heterocycles. The highest BCUT2D eigenvalue weighted by atomic mass is 16.6. The monoisotopic (exact) mass is 1740 g/mol. The number of ether oxygens (including phenoxy) is 20. The maximum Gasteiger partial charge on any atom is 0.338 e. The van der Waals surface area contributed by atoms with E-state index in [1.54, 1.807) is 95.2 Å². The van der Waals surface area contributed by atoms with Gasteiger partial charge in [-0.1, -0.05) is 24.3 Å². The molecular weight excluding hydrogens is 1620 g/mol. The molecule has 0 spiro atoms. The lowest BCUT2D eigenvalue weighted by Gasteiger charge is -2.16. The zero-order chi connectivity index (χ0) is 89.9. The largest absolute Gasteiger partial charge is 0.493 e. The summed E-state index contributed by atoms with van der Waals surface area (Å²) in [5.41, 5.74) is 17.1. The smallest absolute Gasteiger partial charge is 0.338 e. The molecule has 674 valence electrons. The summed E-state index contributed by atoms with van der Waals surface area (Å²) in [6, 6.07) is 42.1. The van der Waals surface area contributed by atoms with E-state index in [9.17, 15) is 28.8 Å². The molecule has 0 saturated carbocycles. The molecule has 126 heavy (non-hydrogen) atoms. The Morgan fingerprint density at radius 3 is 0.730 bits per heavy atom. The van der Waals surface area contributed by atoms with Gasteiger partial charge in [0, 0.05) is 53.9 Å². The predicted octanol–water partition coefficient (Wildman–Crippen LogP) is 17.9. The fourth-order valence-electron chi connectivity index (χ4n) is 12.5. The molecule has 28 heteroatoms. The highest BCUT2D eigenvalue weighted by molar-refractivity contribution is 5.93. The van der Waals surface area contributed by atoms with Crippen LogP contribution in [0.4, 0.5) is 11.4 Å². The van der Waals surface area contributed by atoms with Gasteiger partial charge in [0.1, 0.15) is 60.9 Å². The average molecular weight is 1740 g/mol. The maximum atomic E-state index is 14.1. The van der Waals surface area contributed by atoms with E-state index in [1.807, 2.05) is 84.9 Å². The Kier molecular flexibility index (Phi) is 43.0. The Balaban J connectivity index is 0.947. The molecule has 0 aliphatic carbocycles. The van der Waals surface area contributed by atoms with Gasteiger partial charge in [0.15, 0.2) is 46.0 Å². The molecule has 0 aromatic heterocycles. The normalized spacial score (nSPS) is 11.1. The van der Waals surface area contributed by atoms with Crippen LogP contribution in [-0.4, -0.2) is 159 Å². The van der Waals surface area contributed by atoms with Crippen molar-refractivity contribution >= 4 is 71.5 Å². The zero-order valence-corrected chi connectivity index (χ0v) is 73.0. The lowest BCUT2D eigenvalue weighted by Crippen LogP contribution is -2.15. The first-order valence-corrected chi connectivity index (χ1v) is 41.8. The summed E-state index contributed by atoms with van der Waals surface area (Å²) in [5.74, 6) is 4.01. The maximum absolute atomic E-state index is 14.1. The minimum absolute atomic E-state index is 0.000288. The standard InChI is InChI=1S/C98H116N2O26/c1-107-89-55-69(29-37-93(101)111-5)25-33-85(89)119-45-21-13-9-17-41-115-79-51-73(52-80(64-79)116-42-18-10-14-22-46-120-86-34-26-70(56-90(86)108-2)30-38-94(102)112-6)67-125-83-61-76(98(106)124-50-49-123-97(105)75-59-77(99)63-78(100)60-75)62-84(66-83)126-68-74-53-81(117-43-19-11-15-23-47-121-87-35-27-71(57-91(87)109-3)31-39-95(103)113-7)65-82(54-74)118-44-20-12-16-24-48-122-88-36-28-72(58-92(88)110-4)32-40-96(104)114-8/h25-40,51-66H,9-24,41-50,67-68,99-100H2,1-8H3/b37-29+,38-30+,39-31+,40-32+. The van der Waals surface area contributed by atoms with E-state index < -0.39 is 35.8 Å². The van der Waals surface area contributed by atoms with Crippen LogP contribution in [0.25, 0.3) is 24.3 Å². The quantitative estimate of drug-likeness (QED) is 0.0118. The second-order valence-electron chi connectivity index (χ2n) is 28.6. The van der Waals surface area contributed by atoms with E-state index in [-0.39, 0.29) is 60.4 Å². The number of carbonyl (C=O) groups excluding carboxylic acids is 6. The SMILES string of the molecule is COC(=O)/C=C/c1ccc(OCCCCCCOc2cc(COc3cc(OCc4cc(OCCCCCCOc5ccc(/C=C/C(=O)OC)cc5OC)cc(OCCCCCCOc5ccc(/C=C/C(=O)OC)cc5OC)c4)cc(C(=O)OCCOC(=O)c4cc(N)cc(N)c4)c3)cc(OCCCCCCOc3ccc(/C=C/C(=O)OC)cc3OC)c2)c(OC)c1. The van der Waals surface area contributed by atoms with Crippen molar-refractivity contribution in [1.29, 1.82) is 0 Å². The fraction of sp³-hybridized carbons (Fsp3) is 0.367. The molecule has 28 nitrogen and oxygen atoms in total. The van der Waals surface area contributed by atoms with E-state index in [4.69, 9.17) is 106 Å². The Morgan fingerprint density at radius 1 is 0.246 bits per heavy atom. The van der Waals surface area contributed by atoms with Crippen LogP contribution in [-0.2, 0) is 60.8 Å². The van der Waals surface area contributed by atoms with Crippen LogP contribution in [0.15, 0.2) is 170 Å². The number of benzene rings is 8. The van der Waals surface area contributed by atoms with Crippen molar-refractivity contribution in [3.8, 4) is 80.5 Å². The minimum Gasteiger partial charge on any atom is -0.493 e. The van der Waals surface area contributed by atoms with E-state index in [0.717, 1.165) is 125 Å². The Morgan fingerprint density at radius 2 is 0.484 bits per heavy atom. The molecule has 0 aliphatic rings. The molecular formula is C98H116N2O26. The van der Waals surface area contributed by atoms with Crippen molar-refractivity contribution in [3.05, 3.63) is 214 Å². The third kappa shape index (κ3) is 36.0. The molecule has 0 fully saturated rings. The molecule has 0 bridgehead atoms. The number of nitrogen functional groups attached to an aromatic ring is 2. The van der Waals surface area contributed by atoms with Crippen LogP contribution in [0, 0.1) is 0 Å². The van der Waals surface area contributed by atoms with Crippen LogP contribution in [0.1, 0.15) is 157 Å². The van der Waals surface area contributed by atoms with Crippen molar-refractivity contribution in [2.75, 3.05) is 134 Å². The van der Waals surface area contributed by atoms with Gasteiger partial charge in [-0.15, -0.1) is 0 Å². The van der Waals surface area contributed by atoms with Gasteiger partial charge in [0.05, 0.1) is 121 Å². The first-order chi connectivity index (χ1) is 61.4. The highest BCUT2D eigenvalue weighted by Crippen LogP contribution is 2.36. The fourth-order valence-corrected chi connectivity index (χ4v) is 12.5. The molecule has 4 N–H and O–H groups in total. The Bertz CT molecular complexity index is 4400. The molecule has 0 unspecified atom stereocenters. The van der Waals surface area contributed by atoms with Crippen molar-refractivity contribution in [3.63, 3.8) is 0 Å². The zero-order valence-electron chi connectivity index (χ0n) is 73.0. The van der Waals surface area contributed by atoms with Crippen LogP contribution in [0.5, 0.6) is 80.5 Å². The van der Waals surface area contributed by atoms with Crippen molar-refractivity contribution in [1.82, 2.24) is 0 Å². The summed E-state index contributed by atoms with van der Waals surface area (Å²) < 4.78 is 116. The van der Waals surface area contributed by atoms with Crippen molar-refractivity contribution < 1.29 is 124 Å². The molecule has 0 amide bonds. The number of hydrogen-bond donors (Lipinski definition) is 2. The van der Waals surface area contributed by atoms with Crippen LogP contribution >= 0.6 is 0 Å². The van der Waals surface area contributed by atoms with Crippen LogP contribution in [0.3, 0.4) is 0 Å². The van der Waals surface area contributed by atoms with Crippen LogP contribution < -0.4 is 77.8 Å². The number of rotatable bonds is 59. The molecule has 8 aromatic rings. The number of nitrogens with two attached hydrogens (primary N) is 2. The first-order valence-electron chi connectivity index (χ1n) is 41.8. The lowest BCUT2D eigenvalue weighted by atomic mass is 10.1. The van der Waals surface area contributed by atoms with Gasteiger partial charge < -0.3 is 106 Å². The summed E-state index contributed by atoms with van der Waals surface area (Å²) in [4.78, 5) is 73.8. The van der Waals surface area contributed by atoms with Gasteiger partial charge in [-0.05, 0) is 264 Å². The number of hydrogen-bond acceptors (Lipinski definition) is 28. The van der Waals surface area contributed by atoms with Gasteiger partial charge in [-0.3, -0.25) is 0 Å². The van der Waals surface area contributed by atoms with Gasteiger partial charge in [-0.2, -0.15) is 0 Å². The van der Waals surface area contributed by atoms with E-state index in [1.165, 1.54) is 70.9 Å². The third-order valence-corrected chi connectivity index (χ3v) is 19.0. The van der Waals surface area contributed by atoms with E-state index >= 15 is 0 Å². The van der Waals surface area contributed by atoms with Gasteiger partial charge >= 0.3 is 35.8 Å². The number of anilines is 2. The molecule has 0 atom stereocenters. The number of esters is 6. The predicted molar refractivity (Wildman–Crippen MR) is 478 cm³/mol. The molecule has 8 aromatic carbocycles. The van der Waals surface area contributed by atoms with Crippen LogP contribution in [0.2, 0.25) is 0 Å². The Hall–Kier alpha value is -13.7. The highest BCUT2D eigenvalue weighted by Gasteiger charge is 2.19. The molecule has 8 rings (SSSR count). The summed E-state index contributed by atoms with van der Waals surface area (Å²) in [6.45, 7) is 2.91. The average Bonchev–Trinajstić information content (AvgIpc) is 0.869. The summed E-state index contributed by atoms with van der Waals surface area (Å²) in [7, 11) is 11.5. The summed E-state index contributed by atoms with van der Waals surface area (Å²) in [5, 5.41) is 0. The minimum atomic E-state index is -0.751. The topological polar surface area (TPSA) is 339 Å². The number of carbonyl (C=O) groups is 6. The first kappa shape index (κ1) is 97.8. The Labute approximate surface area is 736 Å². The van der Waals surface area contributed by atoms with Gasteiger partial charge in [0.25, 0.3) is 0 Å². The summed E-state index contributed by atoms with van der Waals surface area (Å²) in [6.07, 6.45) is 25.0. The molecule has 0 heterocycles. The number of methoxy groups -OCH3 is 8. The third-order valence-electron chi connectivity index (χ3n) is 19.0. The second kappa shape index (κ2) is 55.5. The molecule has 0 radical (unpaired) electrons. The lowest BCUT2D eigenvalue weighted by molar-refractivity contribution is -0.135. The van der Waals surface area contributed by atoms with Crippen molar-refractivity contribution in [2.45, 2.75) is 116 Å². The second-order valence-corrected chi connectivity index (χ2v) is 28.6. The van der Waals surface area contributed by atoms with E-state index in [2.05, 4.69) is 0 Å². The summed E-state index contributed by atoms with van der Waals surface area (Å²) >= 11 is 0. The van der Waals surface area contributed by atoms with Gasteiger partial charge in [0.2, 0.25) is 0 Å². The number of unbranched alkanes of at least 4 members (excludes halogenated alkanes) is 12. The molecule has 0 saturated heterocycles. The van der Waals surface area contributed by atoms with Crippen molar-refractivity contribution in [2.24, 2.45) is 0 Å². The van der Waals surface area contributed by atoms with E-state index in [0.29, 0.717) is 133 Å².